The second-order valence-corrected chi connectivity index (χ2v) is 7.50. The highest BCUT2D eigenvalue weighted by molar-refractivity contribution is 7.15. The number of aryl methyl sites for hydroxylation is 1. The number of carbonyl (C=O) groups excluding carboxylic acids is 2. The van der Waals surface area contributed by atoms with Crippen molar-refractivity contribution >= 4 is 28.2 Å². The van der Waals surface area contributed by atoms with Gasteiger partial charge >= 0.3 is 5.97 Å². The number of hydrogen-bond donors (Lipinski definition) is 1. The first-order chi connectivity index (χ1) is 12.5. The lowest BCUT2D eigenvalue weighted by Crippen LogP contribution is -2.30. The summed E-state index contributed by atoms with van der Waals surface area (Å²) in [6.07, 6.45) is 2.17. The van der Waals surface area contributed by atoms with Gasteiger partial charge < -0.3 is 14.5 Å². The molecule has 1 fully saturated rings. The molecular formula is C19H24N2O4S. The predicted octanol–water partition coefficient (Wildman–Crippen LogP) is 3.77. The van der Waals surface area contributed by atoms with E-state index in [4.69, 9.17) is 9.15 Å². The van der Waals surface area contributed by atoms with Gasteiger partial charge in [0.15, 0.2) is 0 Å². The number of nitrogens with one attached hydrogen (secondary N) is 1. The molecule has 3 rings (SSSR count). The smallest absolute Gasteiger partial charge is 0.341 e. The molecule has 2 heterocycles. The maximum absolute atomic E-state index is 12.4. The maximum Gasteiger partial charge on any atom is 0.341 e. The van der Waals surface area contributed by atoms with E-state index in [0.717, 1.165) is 29.9 Å². The molecule has 0 saturated heterocycles. The van der Waals surface area contributed by atoms with E-state index in [1.807, 2.05) is 36.4 Å². The summed E-state index contributed by atoms with van der Waals surface area (Å²) in [5, 5.41) is 5.43. The van der Waals surface area contributed by atoms with Gasteiger partial charge in [0.1, 0.15) is 16.5 Å². The number of esters is 1. The third-order valence-electron chi connectivity index (χ3n) is 4.20. The van der Waals surface area contributed by atoms with Crippen LogP contribution in [0.5, 0.6) is 0 Å². The molecule has 1 amide bonds. The Morgan fingerprint density at radius 1 is 1.38 bits per heavy atom. The van der Waals surface area contributed by atoms with Gasteiger partial charge in [0.05, 0.1) is 25.3 Å². The topological polar surface area (TPSA) is 71.8 Å². The highest BCUT2D eigenvalue weighted by Crippen LogP contribution is 2.46. The number of rotatable bonds is 8. The molecule has 7 heteroatoms. The number of carbonyl (C=O) groups is 2. The summed E-state index contributed by atoms with van der Waals surface area (Å²) in [6, 6.07) is 3.81. The van der Waals surface area contributed by atoms with Gasteiger partial charge in [-0.15, -0.1) is 11.3 Å². The summed E-state index contributed by atoms with van der Waals surface area (Å²) in [6.45, 7) is 4.74. The third kappa shape index (κ3) is 4.53. The van der Waals surface area contributed by atoms with Gasteiger partial charge in [-0.05, 0) is 62.7 Å². The van der Waals surface area contributed by atoms with Crippen LogP contribution in [0.2, 0.25) is 0 Å². The number of likely N-dealkylation sites (N-methyl/N-ethyl adjacent to an activating group) is 1. The molecule has 0 unspecified atom stereocenters. The molecule has 26 heavy (non-hydrogen) atoms. The zero-order chi connectivity index (χ0) is 18.7. The van der Waals surface area contributed by atoms with Crippen molar-refractivity contribution in [3.05, 3.63) is 40.2 Å². The SMILES string of the molecule is CCOC(=O)c1c(C2CC2)csc1NC(=O)CN(C)Cc1ccc(C)o1. The second-order valence-electron chi connectivity index (χ2n) is 6.62. The number of nitrogens with zero attached hydrogens (tertiary/aromatic N) is 1. The van der Waals surface area contributed by atoms with Crippen molar-refractivity contribution in [3.63, 3.8) is 0 Å². The Bertz CT molecular complexity index is 791. The first-order valence-electron chi connectivity index (χ1n) is 8.80. The van der Waals surface area contributed by atoms with Gasteiger partial charge in [-0.3, -0.25) is 9.69 Å². The fourth-order valence-corrected chi connectivity index (χ4v) is 3.92. The van der Waals surface area contributed by atoms with E-state index in [0.29, 0.717) is 29.6 Å². The molecule has 140 valence electrons. The zero-order valence-electron chi connectivity index (χ0n) is 15.3. The molecule has 0 radical (unpaired) electrons. The molecule has 0 bridgehead atoms. The minimum absolute atomic E-state index is 0.162. The molecule has 0 spiro atoms. The van der Waals surface area contributed by atoms with Gasteiger partial charge in [-0.1, -0.05) is 0 Å². The summed E-state index contributed by atoms with van der Waals surface area (Å²) in [4.78, 5) is 26.6. The fraction of sp³-hybridized carbons (Fsp3) is 0.474. The van der Waals surface area contributed by atoms with Crippen LogP contribution in [0.25, 0.3) is 0 Å². The molecule has 2 aromatic rings. The number of thiophene rings is 1. The van der Waals surface area contributed by atoms with Crippen LogP contribution >= 0.6 is 11.3 Å². The lowest BCUT2D eigenvalue weighted by Gasteiger charge is -2.15. The van der Waals surface area contributed by atoms with Crippen LogP contribution in [0.3, 0.4) is 0 Å². The van der Waals surface area contributed by atoms with Crippen molar-refractivity contribution in [2.24, 2.45) is 0 Å². The maximum atomic E-state index is 12.4. The summed E-state index contributed by atoms with van der Waals surface area (Å²) in [5.41, 5.74) is 1.53. The number of amides is 1. The van der Waals surface area contributed by atoms with E-state index in [-0.39, 0.29) is 18.4 Å². The van der Waals surface area contributed by atoms with Crippen LogP contribution in [0, 0.1) is 6.92 Å². The number of anilines is 1. The summed E-state index contributed by atoms with van der Waals surface area (Å²) in [7, 11) is 1.85. The van der Waals surface area contributed by atoms with Gasteiger partial charge in [-0.25, -0.2) is 4.79 Å². The quantitative estimate of drug-likeness (QED) is 0.710. The number of furan rings is 1. The van der Waals surface area contributed by atoms with Gasteiger partial charge in [0.25, 0.3) is 0 Å². The molecule has 0 aromatic carbocycles. The van der Waals surface area contributed by atoms with Crippen molar-refractivity contribution in [3.8, 4) is 0 Å². The first-order valence-corrected chi connectivity index (χ1v) is 9.68. The van der Waals surface area contributed by atoms with Gasteiger partial charge in [0, 0.05) is 0 Å². The van der Waals surface area contributed by atoms with Crippen LogP contribution in [-0.2, 0) is 16.1 Å². The molecule has 1 saturated carbocycles. The van der Waals surface area contributed by atoms with Gasteiger partial charge in [-0.2, -0.15) is 0 Å². The van der Waals surface area contributed by atoms with E-state index < -0.39 is 0 Å². The van der Waals surface area contributed by atoms with E-state index in [2.05, 4.69) is 5.32 Å². The summed E-state index contributed by atoms with van der Waals surface area (Å²) >= 11 is 1.39. The standard InChI is InChI=1S/C19H24N2O4S/c1-4-24-19(23)17-15(13-6-7-13)11-26-18(17)20-16(22)10-21(3)9-14-8-5-12(2)25-14/h5,8,11,13H,4,6-7,9-10H2,1-3H3,(H,20,22). The van der Waals surface area contributed by atoms with Crippen molar-refractivity contribution in [1.82, 2.24) is 4.90 Å². The van der Waals surface area contributed by atoms with E-state index in [1.165, 1.54) is 11.3 Å². The Balaban J connectivity index is 1.64. The van der Waals surface area contributed by atoms with Crippen LogP contribution in [0.15, 0.2) is 21.9 Å². The third-order valence-corrected chi connectivity index (χ3v) is 5.12. The van der Waals surface area contributed by atoms with Gasteiger partial charge in [0.2, 0.25) is 5.91 Å². The largest absolute Gasteiger partial charge is 0.465 e. The molecule has 2 aromatic heterocycles. The summed E-state index contributed by atoms with van der Waals surface area (Å²) in [5.74, 6) is 1.57. The Kier molecular flexibility index (Phi) is 5.78. The summed E-state index contributed by atoms with van der Waals surface area (Å²) < 4.78 is 10.7. The fourth-order valence-electron chi connectivity index (χ4n) is 2.88. The Morgan fingerprint density at radius 3 is 2.77 bits per heavy atom. The minimum Gasteiger partial charge on any atom is -0.465 e. The molecule has 0 atom stereocenters. The molecule has 1 aliphatic carbocycles. The van der Waals surface area contributed by atoms with Crippen molar-refractivity contribution in [2.45, 2.75) is 39.2 Å². The van der Waals surface area contributed by atoms with Crippen LogP contribution in [0.4, 0.5) is 5.00 Å². The van der Waals surface area contributed by atoms with Crippen LogP contribution in [-0.4, -0.2) is 37.0 Å². The molecule has 1 N–H and O–H groups in total. The zero-order valence-corrected chi connectivity index (χ0v) is 16.1. The van der Waals surface area contributed by atoms with E-state index in [1.54, 1.807) is 6.92 Å². The molecular weight excluding hydrogens is 352 g/mol. The van der Waals surface area contributed by atoms with Crippen LogP contribution in [0.1, 0.15) is 53.1 Å². The molecule has 0 aliphatic heterocycles. The second kappa shape index (κ2) is 8.05. The molecule has 1 aliphatic rings. The number of hydrogen-bond acceptors (Lipinski definition) is 6. The minimum atomic E-state index is -0.356. The average Bonchev–Trinajstić information content (AvgIpc) is 3.21. The highest BCUT2D eigenvalue weighted by atomic mass is 32.1. The van der Waals surface area contributed by atoms with Crippen molar-refractivity contribution in [2.75, 3.05) is 25.5 Å². The first kappa shape index (κ1) is 18.7. The van der Waals surface area contributed by atoms with E-state index >= 15 is 0 Å². The Hall–Kier alpha value is -2.12. The normalized spacial score (nSPS) is 13.8. The van der Waals surface area contributed by atoms with E-state index in [9.17, 15) is 9.59 Å². The lowest BCUT2D eigenvalue weighted by molar-refractivity contribution is -0.117. The Morgan fingerprint density at radius 2 is 2.15 bits per heavy atom. The van der Waals surface area contributed by atoms with Crippen molar-refractivity contribution < 1.29 is 18.7 Å². The van der Waals surface area contributed by atoms with Crippen molar-refractivity contribution in [1.29, 1.82) is 0 Å². The lowest BCUT2D eigenvalue weighted by atomic mass is 10.1. The highest BCUT2D eigenvalue weighted by Gasteiger charge is 2.32. The predicted molar refractivity (Wildman–Crippen MR) is 101 cm³/mol. The molecule has 6 nitrogen and oxygen atoms in total. The monoisotopic (exact) mass is 376 g/mol. The van der Waals surface area contributed by atoms with Crippen LogP contribution < -0.4 is 5.32 Å². The Labute approximate surface area is 157 Å². The average molecular weight is 376 g/mol. The number of ether oxygens (including phenoxy) is 1.